The van der Waals surface area contributed by atoms with E-state index in [9.17, 15) is 4.79 Å². The molecular weight excluding hydrogens is 212 g/mol. The van der Waals surface area contributed by atoms with Gasteiger partial charge in [-0.15, -0.1) is 6.58 Å². The molecule has 1 rings (SSSR count). The predicted octanol–water partition coefficient (Wildman–Crippen LogP) is 3.69. The van der Waals surface area contributed by atoms with E-state index < -0.39 is 0 Å². The molecule has 17 heavy (non-hydrogen) atoms. The van der Waals surface area contributed by atoms with E-state index in [1.165, 1.54) is 5.56 Å². The molecule has 0 saturated heterocycles. The second-order valence-electron chi connectivity index (χ2n) is 4.13. The quantitative estimate of drug-likeness (QED) is 0.504. The average Bonchev–Trinajstić information content (AvgIpc) is 2.29. The normalized spacial score (nSPS) is 9.94. The van der Waals surface area contributed by atoms with Crippen LogP contribution in [0.1, 0.15) is 31.2 Å². The number of Topliss-reactive ketones (excluding diaryl/α,β-unsaturated/α-hetero) is 1. The van der Waals surface area contributed by atoms with E-state index >= 15 is 0 Å². The lowest BCUT2D eigenvalue weighted by molar-refractivity contribution is -0.119. The summed E-state index contributed by atoms with van der Waals surface area (Å²) in [5, 5.41) is 0. The topological polar surface area (TPSA) is 26.3 Å². The Labute approximate surface area is 103 Å². The van der Waals surface area contributed by atoms with Crippen LogP contribution in [0, 0.1) is 6.92 Å². The van der Waals surface area contributed by atoms with Crippen molar-refractivity contribution in [3.63, 3.8) is 0 Å². The number of aryl methyl sites for hydroxylation is 1. The maximum atomic E-state index is 11.5. The molecule has 0 fully saturated rings. The minimum absolute atomic E-state index is 0.263. The van der Waals surface area contributed by atoms with Gasteiger partial charge in [-0.3, -0.25) is 4.79 Å². The maximum Gasteiger partial charge on any atom is 0.136 e. The summed E-state index contributed by atoms with van der Waals surface area (Å²) in [5.41, 5.74) is 1.17. The van der Waals surface area contributed by atoms with Crippen molar-refractivity contribution in [2.75, 3.05) is 6.61 Å². The monoisotopic (exact) mass is 232 g/mol. The molecule has 92 valence electrons. The van der Waals surface area contributed by atoms with Crippen LogP contribution >= 0.6 is 0 Å². The predicted molar refractivity (Wildman–Crippen MR) is 70.3 cm³/mol. The smallest absolute Gasteiger partial charge is 0.136 e. The highest BCUT2D eigenvalue weighted by Gasteiger charge is 2.02. The van der Waals surface area contributed by atoms with Crippen molar-refractivity contribution in [1.29, 1.82) is 0 Å². The first kappa shape index (κ1) is 13.5. The zero-order chi connectivity index (χ0) is 12.5. The van der Waals surface area contributed by atoms with Crippen LogP contribution in [0.25, 0.3) is 0 Å². The van der Waals surface area contributed by atoms with Gasteiger partial charge in [0.05, 0.1) is 6.61 Å². The standard InChI is InChI=1S/C15H20O2/c1-3-4-5-8-14(16)10-11-17-15-9-6-7-13(2)12-15/h3,6-7,9,12H,1,4-5,8,10-11H2,2H3. The molecule has 0 unspecified atom stereocenters. The molecule has 2 heteroatoms. The molecule has 0 aliphatic carbocycles. The zero-order valence-electron chi connectivity index (χ0n) is 10.4. The van der Waals surface area contributed by atoms with E-state index in [2.05, 4.69) is 6.58 Å². The average molecular weight is 232 g/mol. The van der Waals surface area contributed by atoms with Gasteiger partial charge in [-0.1, -0.05) is 18.2 Å². The van der Waals surface area contributed by atoms with Crippen molar-refractivity contribution in [1.82, 2.24) is 0 Å². The van der Waals surface area contributed by atoms with Crippen LogP contribution in [0.2, 0.25) is 0 Å². The second kappa shape index (κ2) is 7.66. The van der Waals surface area contributed by atoms with E-state index in [4.69, 9.17) is 4.74 Å². The Balaban J connectivity index is 2.19. The first-order chi connectivity index (χ1) is 8.22. The molecule has 0 spiro atoms. The molecule has 0 bridgehead atoms. The summed E-state index contributed by atoms with van der Waals surface area (Å²) in [6.45, 7) is 6.12. The van der Waals surface area contributed by atoms with Crippen molar-refractivity contribution < 1.29 is 9.53 Å². The van der Waals surface area contributed by atoms with Crippen molar-refractivity contribution in [3.8, 4) is 5.75 Å². The number of carbonyl (C=O) groups excluding carboxylic acids is 1. The molecule has 0 N–H and O–H groups in total. The Bertz CT molecular complexity index is 369. The largest absolute Gasteiger partial charge is 0.493 e. The molecule has 0 atom stereocenters. The van der Waals surface area contributed by atoms with Gasteiger partial charge in [0.1, 0.15) is 11.5 Å². The number of ketones is 1. The van der Waals surface area contributed by atoms with Crippen molar-refractivity contribution in [2.45, 2.75) is 32.6 Å². The summed E-state index contributed by atoms with van der Waals surface area (Å²) >= 11 is 0. The van der Waals surface area contributed by atoms with Crippen LogP contribution in [0.3, 0.4) is 0 Å². The third-order valence-corrected chi connectivity index (χ3v) is 2.50. The molecule has 0 aliphatic rings. The molecule has 1 aromatic rings. The third kappa shape index (κ3) is 5.91. The summed E-state index contributed by atoms with van der Waals surface area (Å²) in [6, 6.07) is 7.86. The molecule has 0 heterocycles. The molecule has 0 aliphatic heterocycles. The lowest BCUT2D eigenvalue weighted by Gasteiger charge is -2.06. The van der Waals surface area contributed by atoms with E-state index in [1.54, 1.807) is 0 Å². The minimum Gasteiger partial charge on any atom is -0.493 e. The summed E-state index contributed by atoms with van der Waals surface area (Å²) < 4.78 is 5.52. The summed E-state index contributed by atoms with van der Waals surface area (Å²) in [6.07, 6.45) is 4.77. The van der Waals surface area contributed by atoms with Crippen LogP contribution in [0.15, 0.2) is 36.9 Å². The second-order valence-corrected chi connectivity index (χ2v) is 4.13. The summed E-state index contributed by atoms with van der Waals surface area (Å²) in [7, 11) is 0. The third-order valence-electron chi connectivity index (χ3n) is 2.50. The first-order valence-electron chi connectivity index (χ1n) is 6.04. The maximum absolute atomic E-state index is 11.5. The van der Waals surface area contributed by atoms with Crippen LogP contribution in [0.4, 0.5) is 0 Å². The van der Waals surface area contributed by atoms with Gasteiger partial charge in [0.25, 0.3) is 0 Å². The molecule has 0 saturated carbocycles. The van der Waals surface area contributed by atoms with Crippen LogP contribution in [-0.2, 0) is 4.79 Å². The Kier molecular flexibility index (Phi) is 6.08. The van der Waals surface area contributed by atoms with Gasteiger partial charge in [-0.2, -0.15) is 0 Å². The number of carbonyl (C=O) groups is 1. The first-order valence-corrected chi connectivity index (χ1v) is 6.04. The fourth-order valence-electron chi connectivity index (χ4n) is 1.56. The number of ether oxygens (including phenoxy) is 1. The lowest BCUT2D eigenvalue weighted by Crippen LogP contribution is -2.06. The Morgan fingerprint density at radius 1 is 1.41 bits per heavy atom. The Morgan fingerprint density at radius 2 is 2.24 bits per heavy atom. The number of hydrogen-bond donors (Lipinski definition) is 0. The summed E-state index contributed by atoms with van der Waals surface area (Å²) in [4.78, 5) is 11.5. The van der Waals surface area contributed by atoms with Crippen molar-refractivity contribution in [2.24, 2.45) is 0 Å². The van der Waals surface area contributed by atoms with Gasteiger partial charge in [-0.05, 0) is 37.5 Å². The van der Waals surface area contributed by atoms with E-state index in [-0.39, 0.29) is 5.78 Å². The van der Waals surface area contributed by atoms with Gasteiger partial charge in [0, 0.05) is 12.8 Å². The fraction of sp³-hybridized carbons (Fsp3) is 0.400. The highest BCUT2D eigenvalue weighted by atomic mass is 16.5. The Morgan fingerprint density at radius 3 is 2.94 bits per heavy atom. The van der Waals surface area contributed by atoms with Gasteiger partial charge >= 0.3 is 0 Å². The van der Waals surface area contributed by atoms with Gasteiger partial charge in [0.15, 0.2) is 0 Å². The van der Waals surface area contributed by atoms with Crippen LogP contribution in [0.5, 0.6) is 5.75 Å². The van der Waals surface area contributed by atoms with Gasteiger partial charge < -0.3 is 4.74 Å². The molecule has 0 radical (unpaired) electrons. The van der Waals surface area contributed by atoms with Gasteiger partial charge in [0.2, 0.25) is 0 Å². The molecule has 0 aromatic heterocycles. The highest BCUT2D eigenvalue weighted by Crippen LogP contribution is 2.12. The molecule has 0 amide bonds. The molecular formula is C15H20O2. The number of unbranched alkanes of at least 4 members (excludes halogenated alkanes) is 1. The summed E-state index contributed by atoms with van der Waals surface area (Å²) in [5.74, 6) is 1.10. The van der Waals surface area contributed by atoms with Crippen molar-refractivity contribution in [3.05, 3.63) is 42.5 Å². The van der Waals surface area contributed by atoms with Gasteiger partial charge in [-0.25, -0.2) is 0 Å². The number of allylic oxidation sites excluding steroid dienone is 1. The minimum atomic E-state index is 0.263. The van der Waals surface area contributed by atoms with Crippen LogP contribution in [-0.4, -0.2) is 12.4 Å². The highest BCUT2D eigenvalue weighted by molar-refractivity contribution is 5.78. The SMILES string of the molecule is C=CCCCC(=O)CCOc1cccc(C)c1. The molecule has 1 aromatic carbocycles. The zero-order valence-corrected chi connectivity index (χ0v) is 10.4. The lowest BCUT2D eigenvalue weighted by atomic mass is 10.1. The number of rotatable bonds is 8. The number of hydrogen-bond acceptors (Lipinski definition) is 2. The van der Waals surface area contributed by atoms with Crippen molar-refractivity contribution >= 4 is 5.78 Å². The van der Waals surface area contributed by atoms with E-state index in [0.29, 0.717) is 19.4 Å². The fourth-order valence-corrected chi connectivity index (χ4v) is 1.56. The number of benzene rings is 1. The van der Waals surface area contributed by atoms with E-state index in [0.717, 1.165) is 18.6 Å². The molecule has 2 nitrogen and oxygen atoms in total. The van der Waals surface area contributed by atoms with E-state index in [1.807, 2.05) is 37.3 Å². The van der Waals surface area contributed by atoms with Crippen LogP contribution < -0.4 is 4.74 Å². The Hall–Kier alpha value is -1.57.